The summed E-state index contributed by atoms with van der Waals surface area (Å²) in [5.41, 5.74) is 0. The topological polar surface area (TPSA) is 84.9 Å². The number of amides is 1. The van der Waals surface area contributed by atoms with Crippen LogP contribution >= 0.6 is 0 Å². The van der Waals surface area contributed by atoms with E-state index >= 15 is 0 Å². The van der Waals surface area contributed by atoms with Gasteiger partial charge in [-0.1, -0.05) is 13.3 Å². The van der Waals surface area contributed by atoms with Gasteiger partial charge in [-0.25, -0.2) is 4.79 Å². The Hall–Kier alpha value is -1.14. The van der Waals surface area contributed by atoms with Crippen LogP contribution in [0.2, 0.25) is 0 Å². The summed E-state index contributed by atoms with van der Waals surface area (Å²) in [6.45, 7) is 2.47. The van der Waals surface area contributed by atoms with Crippen molar-refractivity contribution in [2.24, 2.45) is 0 Å². The van der Waals surface area contributed by atoms with Gasteiger partial charge in [0.2, 0.25) is 5.91 Å². The predicted octanol–water partition coefficient (Wildman–Crippen LogP) is 0.0189. The number of aliphatic carboxylic acids is 1. The lowest BCUT2D eigenvalue weighted by atomic mass is 10.3. The number of hydrogen-bond acceptors (Lipinski definition) is 4. The summed E-state index contributed by atoms with van der Waals surface area (Å²) in [4.78, 5) is 21.7. The number of carbonyl (C=O) groups excluding carboxylic acids is 1. The molecule has 0 saturated heterocycles. The van der Waals surface area contributed by atoms with E-state index in [4.69, 9.17) is 9.84 Å². The highest BCUT2D eigenvalue weighted by atomic mass is 16.5. The van der Waals surface area contributed by atoms with E-state index < -0.39 is 12.1 Å². The third kappa shape index (κ3) is 7.19. The Balaban J connectivity index is 3.59. The fourth-order valence-electron chi connectivity index (χ4n) is 0.940. The van der Waals surface area contributed by atoms with Crippen molar-refractivity contribution in [1.82, 2.24) is 5.32 Å². The molecule has 94 valence electrons. The summed E-state index contributed by atoms with van der Waals surface area (Å²) < 4.78 is 9.71. The number of ether oxygens (including phenoxy) is 2. The molecule has 6 heteroatoms. The van der Waals surface area contributed by atoms with E-state index in [2.05, 4.69) is 10.1 Å². The molecule has 0 fully saturated rings. The number of carbonyl (C=O) groups is 2. The van der Waals surface area contributed by atoms with Gasteiger partial charge in [0.15, 0.2) is 6.10 Å². The molecule has 1 atom stereocenters. The van der Waals surface area contributed by atoms with Gasteiger partial charge in [-0.2, -0.15) is 0 Å². The average molecular weight is 233 g/mol. The van der Waals surface area contributed by atoms with E-state index in [-0.39, 0.29) is 19.1 Å². The lowest BCUT2D eigenvalue weighted by molar-refractivity contribution is -0.148. The highest BCUT2D eigenvalue weighted by Crippen LogP contribution is 1.89. The number of methoxy groups -OCH3 is 1. The molecule has 0 radical (unpaired) electrons. The van der Waals surface area contributed by atoms with Crippen LogP contribution in [0.1, 0.15) is 19.8 Å². The number of hydrogen-bond donors (Lipinski definition) is 2. The van der Waals surface area contributed by atoms with Gasteiger partial charge >= 0.3 is 5.97 Å². The Morgan fingerprint density at radius 2 is 2.12 bits per heavy atom. The van der Waals surface area contributed by atoms with E-state index in [1.807, 2.05) is 6.92 Å². The van der Waals surface area contributed by atoms with Crippen molar-refractivity contribution in [2.75, 3.05) is 26.9 Å². The largest absolute Gasteiger partial charge is 0.479 e. The van der Waals surface area contributed by atoms with Crippen molar-refractivity contribution in [3.05, 3.63) is 0 Å². The van der Waals surface area contributed by atoms with Crippen LogP contribution in [0.3, 0.4) is 0 Å². The molecule has 1 amide bonds. The molecule has 6 nitrogen and oxygen atoms in total. The SMILES string of the molecule is CCCCOCC(=O)NCC(OC)C(=O)O. The normalized spacial score (nSPS) is 12.1. The van der Waals surface area contributed by atoms with Crippen LogP contribution in [0.25, 0.3) is 0 Å². The molecule has 0 bridgehead atoms. The molecular formula is C10H19NO5. The second kappa shape index (κ2) is 9.11. The summed E-state index contributed by atoms with van der Waals surface area (Å²) in [6.07, 6.45) is 0.898. The first-order valence-corrected chi connectivity index (χ1v) is 5.21. The van der Waals surface area contributed by atoms with Crippen LogP contribution < -0.4 is 5.32 Å². The van der Waals surface area contributed by atoms with Gasteiger partial charge in [-0.05, 0) is 6.42 Å². The van der Waals surface area contributed by atoms with Crippen molar-refractivity contribution in [2.45, 2.75) is 25.9 Å². The summed E-state index contributed by atoms with van der Waals surface area (Å²) in [5.74, 6) is -1.44. The molecular weight excluding hydrogens is 214 g/mol. The molecule has 16 heavy (non-hydrogen) atoms. The molecule has 0 aromatic rings. The zero-order valence-corrected chi connectivity index (χ0v) is 9.69. The van der Waals surface area contributed by atoms with E-state index in [0.717, 1.165) is 12.8 Å². The Bertz CT molecular complexity index is 219. The van der Waals surface area contributed by atoms with E-state index in [9.17, 15) is 9.59 Å². The van der Waals surface area contributed by atoms with Gasteiger partial charge < -0.3 is 19.9 Å². The first kappa shape index (κ1) is 14.9. The Morgan fingerprint density at radius 3 is 2.62 bits per heavy atom. The zero-order valence-electron chi connectivity index (χ0n) is 9.69. The molecule has 2 N–H and O–H groups in total. The Kier molecular flexibility index (Phi) is 8.46. The van der Waals surface area contributed by atoms with Crippen molar-refractivity contribution in [3.8, 4) is 0 Å². The maximum absolute atomic E-state index is 11.2. The van der Waals surface area contributed by atoms with Crippen LogP contribution in [0, 0.1) is 0 Å². The summed E-state index contributed by atoms with van der Waals surface area (Å²) in [5, 5.41) is 11.0. The standard InChI is InChI=1S/C10H19NO5/c1-3-4-5-16-7-9(12)11-6-8(15-2)10(13)14/h8H,3-7H2,1-2H3,(H,11,12)(H,13,14). The summed E-state index contributed by atoms with van der Waals surface area (Å²) in [6, 6.07) is 0. The van der Waals surface area contributed by atoms with Crippen LogP contribution in [0.4, 0.5) is 0 Å². The molecule has 0 aromatic carbocycles. The number of carboxylic acids is 1. The smallest absolute Gasteiger partial charge is 0.334 e. The maximum Gasteiger partial charge on any atom is 0.334 e. The highest BCUT2D eigenvalue weighted by molar-refractivity contribution is 5.78. The van der Waals surface area contributed by atoms with Gasteiger partial charge in [-0.15, -0.1) is 0 Å². The van der Waals surface area contributed by atoms with Crippen molar-refractivity contribution in [1.29, 1.82) is 0 Å². The summed E-state index contributed by atoms with van der Waals surface area (Å²) in [7, 11) is 1.28. The Labute approximate surface area is 94.9 Å². The van der Waals surface area contributed by atoms with E-state index in [1.165, 1.54) is 7.11 Å². The predicted molar refractivity (Wildman–Crippen MR) is 57.2 cm³/mol. The van der Waals surface area contributed by atoms with Gasteiger partial charge in [0.1, 0.15) is 6.61 Å². The quantitative estimate of drug-likeness (QED) is 0.548. The van der Waals surface area contributed by atoms with Gasteiger partial charge in [0.05, 0.1) is 6.54 Å². The highest BCUT2D eigenvalue weighted by Gasteiger charge is 2.16. The lowest BCUT2D eigenvalue weighted by Gasteiger charge is -2.11. The second-order valence-electron chi connectivity index (χ2n) is 3.27. The molecule has 0 saturated carbocycles. The molecule has 0 aliphatic rings. The minimum absolute atomic E-state index is 0.0456. The van der Waals surface area contributed by atoms with E-state index in [1.54, 1.807) is 0 Å². The molecule has 0 spiro atoms. The van der Waals surface area contributed by atoms with Gasteiger partial charge in [-0.3, -0.25) is 4.79 Å². The molecule has 0 aliphatic carbocycles. The van der Waals surface area contributed by atoms with Gasteiger partial charge in [0.25, 0.3) is 0 Å². The Morgan fingerprint density at radius 1 is 1.44 bits per heavy atom. The van der Waals surface area contributed by atoms with Crippen molar-refractivity contribution < 1.29 is 24.2 Å². The fraction of sp³-hybridized carbons (Fsp3) is 0.800. The molecule has 0 rings (SSSR count). The van der Waals surface area contributed by atoms with Crippen molar-refractivity contribution in [3.63, 3.8) is 0 Å². The molecule has 0 heterocycles. The monoisotopic (exact) mass is 233 g/mol. The van der Waals surface area contributed by atoms with E-state index in [0.29, 0.717) is 6.61 Å². The first-order valence-electron chi connectivity index (χ1n) is 5.21. The molecule has 0 aromatic heterocycles. The van der Waals surface area contributed by atoms with Crippen LogP contribution in [0.15, 0.2) is 0 Å². The number of nitrogens with one attached hydrogen (secondary N) is 1. The number of rotatable bonds is 9. The van der Waals surface area contributed by atoms with Crippen LogP contribution in [0.5, 0.6) is 0 Å². The number of carboxylic acid groups (broad SMARTS) is 1. The maximum atomic E-state index is 11.2. The first-order chi connectivity index (χ1) is 7.61. The minimum Gasteiger partial charge on any atom is -0.479 e. The zero-order chi connectivity index (χ0) is 12.4. The third-order valence-electron chi connectivity index (χ3n) is 1.92. The lowest BCUT2D eigenvalue weighted by Crippen LogP contribution is -2.39. The number of unbranched alkanes of at least 4 members (excludes halogenated alkanes) is 1. The minimum atomic E-state index is -1.10. The average Bonchev–Trinajstić information content (AvgIpc) is 2.25. The second-order valence-corrected chi connectivity index (χ2v) is 3.27. The fourth-order valence-corrected chi connectivity index (χ4v) is 0.940. The molecule has 0 aliphatic heterocycles. The summed E-state index contributed by atoms with van der Waals surface area (Å²) >= 11 is 0. The van der Waals surface area contributed by atoms with Crippen molar-refractivity contribution >= 4 is 11.9 Å². The third-order valence-corrected chi connectivity index (χ3v) is 1.92. The van der Waals surface area contributed by atoms with Crippen LogP contribution in [-0.4, -0.2) is 50.0 Å². The van der Waals surface area contributed by atoms with Crippen LogP contribution in [-0.2, 0) is 19.1 Å². The van der Waals surface area contributed by atoms with Gasteiger partial charge in [0, 0.05) is 13.7 Å². The molecule has 1 unspecified atom stereocenters.